The maximum absolute atomic E-state index is 10.6. The van der Waals surface area contributed by atoms with E-state index >= 15 is 0 Å². The normalized spacial score (nSPS) is 20.2. The van der Waals surface area contributed by atoms with Crippen molar-refractivity contribution in [3.05, 3.63) is 10.6 Å². The molecule has 1 heterocycles. The molecule has 0 fully saturated rings. The van der Waals surface area contributed by atoms with Gasteiger partial charge in [0.05, 0.1) is 4.91 Å². The summed E-state index contributed by atoms with van der Waals surface area (Å²) in [6.45, 7) is 4.02. The molecule has 1 aliphatic rings. The molecule has 0 unspecified atom stereocenters. The number of nitrogens with one attached hydrogen (secondary N) is 1. The Balaban J connectivity index is 2.80. The van der Waals surface area contributed by atoms with E-state index in [-0.39, 0.29) is 4.75 Å². The van der Waals surface area contributed by atoms with Gasteiger partial charge in [-0.2, -0.15) is 0 Å². The number of hydrogen-bond donors (Lipinski definition) is 2. The highest BCUT2D eigenvalue weighted by Crippen LogP contribution is 2.43. The minimum atomic E-state index is -0.618. The molecule has 0 aliphatic carbocycles. The molecule has 3 N–H and O–H groups in total. The predicted octanol–water partition coefficient (Wildman–Crippen LogP) is 0.981. The molecule has 0 spiro atoms. The van der Waals surface area contributed by atoms with Gasteiger partial charge in [-0.25, -0.2) is 4.79 Å². The van der Waals surface area contributed by atoms with Crippen molar-refractivity contribution in [3.8, 4) is 0 Å². The molecule has 0 aromatic rings. The Morgan fingerprint density at radius 1 is 1.69 bits per heavy atom. The van der Waals surface area contributed by atoms with Crippen molar-refractivity contribution in [2.24, 2.45) is 5.73 Å². The molecule has 4 nitrogen and oxygen atoms in total. The first-order chi connectivity index (χ1) is 5.94. The minimum absolute atomic E-state index is 0.0337. The van der Waals surface area contributed by atoms with E-state index in [1.54, 1.807) is 0 Å². The Morgan fingerprint density at radius 3 is 2.77 bits per heavy atom. The molecule has 13 heavy (non-hydrogen) atoms. The summed E-state index contributed by atoms with van der Waals surface area (Å²) in [4.78, 5) is 21.8. The second-order valence-electron chi connectivity index (χ2n) is 3.49. The predicted molar refractivity (Wildman–Crippen MR) is 52.1 cm³/mol. The monoisotopic (exact) mass is 200 g/mol. The maximum Gasteiger partial charge on any atom is 0.316 e. The molecular formula is C8H12N2O2S. The summed E-state index contributed by atoms with van der Waals surface area (Å²) in [6.07, 6.45) is 1.42. The van der Waals surface area contributed by atoms with Crippen molar-refractivity contribution in [3.63, 3.8) is 0 Å². The number of primary amides is 1. The maximum atomic E-state index is 10.6. The number of rotatable bonds is 2. The van der Waals surface area contributed by atoms with Gasteiger partial charge in [-0.1, -0.05) is 0 Å². The van der Waals surface area contributed by atoms with Crippen molar-refractivity contribution in [2.75, 3.05) is 0 Å². The van der Waals surface area contributed by atoms with Crippen LogP contribution in [0.4, 0.5) is 4.79 Å². The summed E-state index contributed by atoms with van der Waals surface area (Å²) < 4.78 is -0.0337. The molecule has 1 rings (SSSR count). The van der Waals surface area contributed by atoms with Gasteiger partial charge in [0.2, 0.25) is 0 Å². The van der Waals surface area contributed by atoms with Crippen LogP contribution in [0.2, 0.25) is 0 Å². The summed E-state index contributed by atoms with van der Waals surface area (Å²) in [6, 6.07) is -0.618. The van der Waals surface area contributed by atoms with E-state index in [2.05, 4.69) is 5.32 Å². The van der Waals surface area contributed by atoms with Crippen LogP contribution < -0.4 is 11.1 Å². The van der Waals surface area contributed by atoms with Gasteiger partial charge in [0, 0.05) is 16.9 Å². The van der Waals surface area contributed by atoms with E-state index in [1.807, 2.05) is 13.8 Å². The summed E-state index contributed by atoms with van der Waals surface area (Å²) in [7, 11) is 0. The first-order valence-corrected chi connectivity index (χ1v) is 4.70. The molecule has 0 bridgehead atoms. The molecule has 0 radical (unpaired) electrons. The van der Waals surface area contributed by atoms with Gasteiger partial charge < -0.3 is 11.1 Å². The molecule has 1 aliphatic heterocycles. The molecule has 2 amide bonds. The molecule has 5 heteroatoms. The van der Waals surface area contributed by atoms with Crippen molar-refractivity contribution in [1.29, 1.82) is 0 Å². The van der Waals surface area contributed by atoms with E-state index in [0.717, 1.165) is 6.29 Å². The van der Waals surface area contributed by atoms with Crippen LogP contribution in [0.25, 0.3) is 0 Å². The van der Waals surface area contributed by atoms with Gasteiger partial charge in [0.1, 0.15) is 0 Å². The van der Waals surface area contributed by atoms with Crippen LogP contribution in [0.15, 0.2) is 10.6 Å². The Bertz CT molecular complexity index is 284. The van der Waals surface area contributed by atoms with Gasteiger partial charge in [-0.15, -0.1) is 11.8 Å². The number of amides is 2. The standard InChI is InChI=1S/C8H12N2O2S/c1-8(2)3-5(10-7(9)12)6(4-11)13-8/h4H,3H2,1-2H3,(H3,9,10,12). The fraction of sp³-hybridized carbons (Fsp3) is 0.500. The minimum Gasteiger partial charge on any atom is -0.351 e. The van der Waals surface area contributed by atoms with Crippen LogP contribution in [0.1, 0.15) is 20.3 Å². The number of hydrogen-bond acceptors (Lipinski definition) is 3. The van der Waals surface area contributed by atoms with Crippen molar-refractivity contribution >= 4 is 24.1 Å². The van der Waals surface area contributed by atoms with E-state index < -0.39 is 6.03 Å². The van der Waals surface area contributed by atoms with Crippen LogP contribution in [-0.2, 0) is 4.79 Å². The molecule has 0 saturated heterocycles. The second-order valence-corrected chi connectivity index (χ2v) is 5.24. The lowest BCUT2D eigenvalue weighted by Crippen LogP contribution is -2.29. The fourth-order valence-corrected chi connectivity index (χ4v) is 2.36. The average Bonchev–Trinajstić information content (AvgIpc) is 2.24. The highest BCUT2D eigenvalue weighted by Gasteiger charge is 2.31. The largest absolute Gasteiger partial charge is 0.351 e. The molecule has 0 aromatic carbocycles. The smallest absolute Gasteiger partial charge is 0.316 e. The Morgan fingerprint density at radius 2 is 2.31 bits per heavy atom. The van der Waals surface area contributed by atoms with Crippen molar-refractivity contribution < 1.29 is 9.59 Å². The lowest BCUT2D eigenvalue weighted by molar-refractivity contribution is -0.104. The number of carbonyl (C=O) groups excluding carboxylic acids is 2. The van der Waals surface area contributed by atoms with Crippen molar-refractivity contribution in [2.45, 2.75) is 25.0 Å². The lowest BCUT2D eigenvalue weighted by atomic mass is 10.1. The van der Waals surface area contributed by atoms with Gasteiger partial charge in [-0.05, 0) is 13.8 Å². The number of carbonyl (C=O) groups is 2. The van der Waals surface area contributed by atoms with Crippen LogP contribution in [0.5, 0.6) is 0 Å². The third kappa shape index (κ3) is 2.48. The molecule has 72 valence electrons. The van der Waals surface area contributed by atoms with Gasteiger partial charge in [0.25, 0.3) is 0 Å². The van der Waals surface area contributed by atoms with E-state index in [9.17, 15) is 9.59 Å². The SMILES string of the molecule is CC1(C)CC(NC(N)=O)=C(C=O)S1. The van der Waals surface area contributed by atoms with Crippen molar-refractivity contribution in [1.82, 2.24) is 5.32 Å². The third-order valence-corrected chi connectivity index (χ3v) is 2.93. The van der Waals surface area contributed by atoms with Gasteiger partial charge in [0.15, 0.2) is 6.29 Å². The molecule has 0 atom stereocenters. The number of allylic oxidation sites excluding steroid dienone is 2. The van der Waals surface area contributed by atoms with Crippen LogP contribution in [0.3, 0.4) is 0 Å². The zero-order valence-corrected chi connectivity index (χ0v) is 8.40. The van der Waals surface area contributed by atoms with E-state index in [1.165, 1.54) is 11.8 Å². The number of urea groups is 1. The summed E-state index contributed by atoms with van der Waals surface area (Å²) in [5.74, 6) is 0. The Hall–Kier alpha value is -0.970. The fourth-order valence-electron chi connectivity index (χ4n) is 1.26. The van der Waals surface area contributed by atoms with E-state index in [4.69, 9.17) is 5.73 Å². The highest BCUT2D eigenvalue weighted by atomic mass is 32.2. The molecule has 0 saturated carbocycles. The first kappa shape index (κ1) is 10.1. The number of nitrogens with two attached hydrogens (primary N) is 1. The Kier molecular flexibility index (Phi) is 2.66. The molecule has 0 aromatic heterocycles. The summed E-state index contributed by atoms with van der Waals surface area (Å²) in [5.41, 5.74) is 5.60. The lowest BCUT2D eigenvalue weighted by Gasteiger charge is -2.15. The zero-order valence-electron chi connectivity index (χ0n) is 7.59. The van der Waals surface area contributed by atoms with Gasteiger partial charge in [-0.3, -0.25) is 4.79 Å². The van der Waals surface area contributed by atoms with Gasteiger partial charge >= 0.3 is 6.03 Å². The zero-order chi connectivity index (χ0) is 10.1. The highest BCUT2D eigenvalue weighted by molar-refractivity contribution is 8.05. The second kappa shape index (κ2) is 3.41. The Labute approximate surface area is 80.9 Å². The number of thioether (sulfide) groups is 1. The summed E-state index contributed by atoms with van der Waals surface area (Å²) >= 11 is 1.46. The van der Waals surface area contributed by atoms with Crippen LogP contribution in [-0.4, -0.2) is 17.1 Å². The van der Waals surface area contributed by atoms with E-state index in [0.29, 0.717) is 17.0 Å². The molecular weight excluding hydrogens is 188 g/mol. The topological polar surface area (TPSA) is 72.2 Å². The van der Waals surface area contributed by atoms with Crippen LogP contribution >= 0.6 is 11.8 Å². The quantitative estimate of drug-likeness (QED) is 0.653. The third-order valence-electron chi connectivity index (χ3n) is 1.67. The number of aldehydes is 1. The first-order valence-electron chi connectivity index (χ1n) is 3.88. The average molecular weight is 200 g/mol. The summed E-state index contributed by atoms with van der Waals surface area (Å²) in [5, 5.41) is 2.46. The van der Waals surface area contributed by atoms with Crippen LogP contribution in [0, 0.1) is 0 Å².